The van der Waals surface area contributed by atoms with Crippen LogP contribution in [0.25, 0.3) is 11.3 Å². The van der Waals surface area contributed by atoms with E-state index in [0.717, 1.165) is 23.3 Å². The van der Waals surface area contributed by atoms with E-state index in [1.807, 2.05) is 18.2 Å². The van der Waals surface area contributed by atoms with Gasteiger partial charge in [0, 0.05) is 19.0 Å². The summed E-state index contributed by atoms with van der Waals surface area (Å²) in [6.07, 6.45) is 0.868. The molecule has 0 atom stereocenters. The summed E-state index contributed by atoms with van der Waals surface area (Å²) >= 11 is 5.16. The van der Waals surface area contributed by atoms with Crippen molar-refractivity contribution in [3.8, 4) is 17.0 Å². The Kier molecular flexibility index (Phi) is 3.42. The lowest BCUT2D eigenvalue weighted by atomic mass is 10.1. The highest BCUT2D eigenvalue weighted by Gasteiger charge is 2.14. The van der Waals surface area contributed by atoms with Crippen LogP contribution in [0.3, 0.4) is 0 Å². The van der Waals surface area contributed by atoms with Crippen molar-refractivity contribution in [1.29, 1.82) is 0 Å². The number of aromatic amines is 1. The average Bonchev–Trinajstić information content (AvgIpc) is 2.88. The number of aliphatic hydroxyl groups is 1. The maximum Gasteiger partial charge on any atom is 0.252 e. The number of aliphatic hydroxyl groups excluding tert-OH is 1. The summed E-state index contributed by atoms with van der Waals surface area (Å²) in [5.41, 5.74) is 2.50. The molecule has 3 rings (SSSR count). The minimum atomic E-state index is -0.240. The standard InChI is InChI=1S/C14H14N2O3S/c17-5-4-16-11(8-13(18)15-14(16)20)9-1-2-12-10(7-9)3-6-19-12/h1-2,7-8,17H,3-6H2,(H,15,18,20). The number of ether oxygens (including phenoxy) is 1. The molecule has 0 fully saturated rings. The van der Waals surface area contributed by atoms with Crippen molar-refractivity contribution in [2.24, 2.45) is 0 Å². The number of hydrogen-bond donors (Lipinski definition) is 2. The number of benzene rings is 1. The van der Waals surface area contributed by atoms with E-state index >= 15 is 0 Å². The van der Waals surface area contributed by atoms with Crippen LogP contribution in [0.5, 0.6) is 5.75 Å². The van der Waals surface area contributed by atoms with Crippen molar-refractivity contribution in [1.82, 2.24) is 9.55 Å². The van der Waals surface area contributed by atoms with Gasteiger partial charge in [0.2, 0.25) is 0 Å². The fraction of sp³-hybridized carbons (Fsp3) is 0.286. The number of nitrogens with one attached hydrogen (secondary N) is 1. The molecule has 20 heavy (non-hydrogen) atoms. The van der Waals surface area contributed by atoms with E-state index in [2.05, 4.69) is 4.98 Å². The topological polar surface area (TPSA) is 67.2 Å². The molecule has 2 N–H and O–H groups in total. The molecule has 0 bridgehead atoms. The minimum Gasteiger partial charge on any atom is -0.493 e. The lowest BCUT2D eigenvalue weighted by Crippen LogP contribution is -2.16. The van der Waals surface area contributed by atoms with Gasteiger partial charge in [-0.25, -0.2) is 0 Å². The van der Waals surface area contributed by atoms with Crippen LogP contribution in [0, 0.1) is 4.77 Å². The Labute approximate surface area is 120 Å². The molecule has 2 aromatic rings. The van der Waals surface area contributed by atoms with Crippen LogP contribution in [0.2, 0.25) is 0 Å². The fourth-order valence-electron chi connectivity index (χ4n) is 2.43. The normalized spacial score (nSPS) is 13.1. The largest absolute Gasteiger partial charge is 0.493 e. The quantitative estimate of drug-likeness (QED) is 0.841. The van der Waals surface area contributed by atoms with E-state index in [1.165, 1.54) is 6.07 Å². The molecular weight excluding hydrogens is 276 g/mol. The lowest BCUT2D eigenvalue weighted by molar-refractivity contribution is 0.275. The van der Waals surface area contributed by atoms with Gasteiger partial charge in [0.1, 0.15) is 5.75 Å². The van der Waals surface area contributed by atoms with Gasteiger partial charge in [-0.2, -0.15) is 0 Å². The Morgan fingerprint density at radius 3 is 3.05 bits per heavy atom. The molecule has 0 saturated heterocycles. The van der Waals surface area contributed by atoms with E-state index in [9.17, 15) is 4.79 Å². The second-order valence-corrected chi connectivity index (χ2v) is 5.01. The molecule has 0 radical (unpaired) electrons. The molecular formula is C14H14N2O3S. The van der Waals surface area contributed by atoms with Crippen molar-refractivity contribution in [3.63, 3.8) is 0 Å². The summed E-state index contributed by atoms with van der Waals surface area (Å²) in [5, 5.41) is 9.16. The van der Waals surface area contributed by atoms with E-state index < -0.39 is 0 Å². The third-order valence-electron chi connectivity index (χ3n) is 3.34. The lowest BCUT2D eigenvalue weighted by Gasteiger charge is -2.13. The number of rotatable bonds is 3. The molecule has 0 saturated carbocycles. The molecule has 0 spiro atoms. The van der Waals surface area contributed by atoms with Gasteiger partial charge in [-0.3, -0.25) is 9.78 Å². The fourth-order valence-corrected chi connectivity index (χ4v) is 2.72. The highest BCUT2D eigenvalue weighted by Crippen LogP contribution is 2.30. The summed E-state index contributed by atoms with van der Waals surface area (Å²) in [6.45, 7) is 0.997. The number of fused-ring (bicyclic) bond motifs is 1. The second kappa shape index (κ2) is 5.22. The third kappa shape index (κ3) is 2.28. The molecule has 1 aromatic carbocycles. The third-order valence-corrected chi connectivity index (χ3v) is 3.67. The predicted octanol–water partition coefficient (Wildman–Crippen LogP) is 1.50. The minimum absolute atomic E-state index is 0.0403. The molecule has 2 heterocycles. The van der Waals surface area contributed by atoms with Crippen LogP contribution in [0.4, 0.5) is 0 Å². The second-order valence-electron chi connectivity index (χ2n) is 4.62. The first-order valence-electron chi connectivity index (χ1n) is 6.40. The van der Waals surface area contributed by atoms with E-state index in [0.29, 0.717) is 23.6 Å². The van der Waals surface area contributed by atoms with Crippen LogP contribution < -0.4 is 10.3 Å². The van der Waals surface area contributed by atoms with Gasteiger partial charge < -0.3 is 14.4 Å². The van der Waals surface area contributed by atoms with Crippen molar-refractivity contribution in [2.45, 2.75) is 13.0 Å². The van der Waals surface area contributed by atoms with E-state index in [1.54, 1.807) is 4.57 Å². The smallest absolute Gasteiger partial charge is 0.252 e. The van der Waals surface area contributed by atoms with Crippen molar-refractivity contribution < 1.29 is 9.84 Å². The number of nitrogens with zero attached hydrogens (tertiary/aromatic N) is 1. The summed E-state index contributed by atoms with van der Waals surface area (Å²) < 4.78 is 7.53. The Morgan fingerprint density at radius 2 is 2.25 bits per heavy atom. The van der Waals surface area contributed by atoms with Crippen LogP contribution in [-0.2, 0) is 13.0 Å². The first kappa shape index (κ1) is 13.1. The van der Waals surface area contributed by atoms with Crippen LogP contribution >= 0.6 is 12.2 Å². The average molecular weight is 290 g/mol. The highest BCUT2D eigenvalue weighted by molar-refractivity contribution is 7.71. The zero-order chi connectivity index (χ0) is 14.1. The van der Waals surface area contributed by atoms with Crippen LogP contribution in [-0.4, -0.2) is 27.9 Å². The molecule has 1 aliphatic heterocycles. The maximum absolute atomic E-state index is 11.7. The first-order chi connectivity index (χ1) is 9.69. The van der Waals surface area contributed by atoms with Gasteiger partial charge in [0.05, 0.1) is 18.9 Å². The SMILES string of the molecule is O=c1cc(-c2ccc3c(c2)CCO3)n(CCO)c(=S)[nH]1. The Hall–Kier alpha value is -1.92. The molecule has 0 aliphatic carbocycles. The van der Waals surface area contributed by atoms with Crippen LogP contribution in [0.1, 0.15) is 5.56 Å². The Bertz CT molecular complexity index is 764. The molecule has 0 amide bonds. The molecule has 1 aliphatic rings. The molecule has 6 heteroatoms. The van der Waals surface area contributed by atoms with Gasteiger partial charge in [0.15, 0.2) is 4.77 Å². The molecule has 0 unspecified atom stereocenters. The summed E-state index contributed by atoms with van der Waals surface area (Å²) in [4.78, 5) is 14.2. The van der Waals surface area contributed by atoms with Crippen molar-refractivity contribution in [2.75, 3.05) is 13.2 Å². The summed E-state index contributed by atoms with van der Waals surface area (Å²) in [6, 6.07) is 7.33. The predicted molar refractivity (Wildman–Crippen MR) is 77.6 cm³/mol. The van der Waals surface area contributed by atoms with Crippen molar-refractivity contribution >= 4 is 12.2 Å². The Balaban J connectivity index is 2.18. The summed E-state index contributed by atoms with van der Waals surface area (Å²) in [7, 11) is 0. The summed E-state index contributed by atoms with van der Waals surface area (Å²) in [5.74, 6) is 0.894. The van der Waals surface area contributed by atoms with Gasteiger partial charge in [-0.15, -0.1) is 0 Å². The van der Waals surface area contributed by atoms with Crippen molar-refractivity contribution in [3.05, 3.63) is 45.0 Å². The monoisotopic (exact) mass is 290 g/mol. The van der Waals surface area contributed by atoms with E-state index in [-0.39, 0.29) is 12.2 Å². The number of H-pyrrole nitrogens is 1. The van der Waals surface area contributed by atoms with Gasteiger partial charge in [-0.05, 0) is 41.5 Å². The first-order valence-corrected chi connectivity index (χ1v) is 6.81. The highest BCUT2D eigenvalue weighted by atomic mass is 32.1. The number of hydrogen-bond acceptors (Lipinski definition) is 4. The van der Waals surface area contributed by atoms with E-state index in [4.69, 9.17) is 22.1 Å². The maximum atomic E-state index is 11.7. The molecule has 1 aromatic heterocycles. The molecule has 5 nitrogen and oxygen atoms in total. The zero-order valence-electron chi connectivity index (χ0n) is 10.8. The van der Waals surface area contributed by atoms with Gasteiger partial charge >= 0.3 is 0 Å². The number of aromatic nitrogens is 2. The van der Waals surface area contributed by atoms with Crippen LogP contribution in [0.15, 0.2) is 29.1 Å². The Morgan fingerprint density at radius 1 is 1.40 bits per heavy atom. The molecule has 104 valence electrons. The zero-order valence-corrected chi connectivity index (χ0v) is 11.6. The van der Waals surface area contributed by atoms with Gasteiger partial charge in [-0.1, -0.05) is 0 Å². The van der Waals surface area contributed by atoms with Gasteiger partial charge in [0.25, 0.3) is 5.56 Å².